The van der Waals surface area contributed by atoms with Crippen molar-refractivity contribution in [1.82, 2.24) is 10.2 Å². The SMILES string of the molecule is CC(C)(C)OC(=O)N1CCC(NC(=O)CCN)CC1. The molecule has 0 aromatic carbocycles. The van der Waals surface area contributed by atoms with Gasteiger partial charge < -0.3 is 20.7 Å². The van der Waals surface area contributed by atoms with Gasteiger partial charge in [0.05, 0.1) is 0 Å². The van der Waals surface area contributed by atoms with Crippen molar-refractivity contribution in [2.45, 2.75) is 51.7 Å². The summed E-state index contributed by atoms with van der Waals surface area (Å²) in [5.74, 6) is -0.0155. The molecule has 19 heavy (non-hydrogen) atoms. The van der Waals surface area contributed by atoms with Gasteiger partial charge in [-0.25, -0.2) is 4.79 Å². The van der Waals surface area contributed by atoms with Gasteiger partial charge in [-0.15, -0.1) is 0 Å². The molecule has 1 saturated heterocycles. The second-order valence-electron chi connectivity index (χ2n) is 5.85. The summed E-state index contributed by atoms with van der Waals surface area (Å²) < 4.78 is 5.32. The van der Waals surface area contributed by atoms with Crippen LogP contribution in [0.25, 0.3) is 0 Å². The van der Waals surface area contributed by atoms with Crippen LogP contribution in [0.1, 0.15) is 40.0 Å². The third kappa shape index (κ3) is 5.92. The molecule has 6 heteroatoms. The summed E-state index contributed by atoms with van der Waals surface area (Å²) in [6.07, 6.45) is 1.59. The quantitative estimate of drug-likeness (QED) is 0.797. The van der Waals surface area contributed by atoms with Crippen LogP contribution in [0.2, 0.25) is 0 Å². The van der Waals surface area contributed by atoms with E-state index in [0.29, 0.717) is 26.1 Å². The van der Waals surface area contributed by atoms with E-state index < -0.39 is 5.60 Å². The molecule has 1 fully saturated rings. The van der Waals surface area contributed by atoms with Crippen LogP contribution in [0, 0.1) is 0 Å². The van der Waals surface area contributed by atoms with Crippen LogP contribution in [0.15, 0.2) is 0 Å². The fourth-order valence-corrected chi connectivity index (χ4v) is 1.96. The van der Waals surface area contributed by atoms with Crippen LogP contribution in [-0.2, 0) is 9.53 Å². The normalized spacial score (nSPS) is 17.2. The van der Waals surface area contributed by atoms with Gasteiger partial charge in [-0.1, -0.05) is 0 Å². The van der Waals surface area contributed by atoms with Crippen LogP contribution >= 0.6 is 0 Å². The zero-order valence-corrected chi connectivity index (χ0v) is 12.1. The molecule has 1 heterocycles. The number of hydrogen-bond donors (Lipinski definition) is 2. The number of piperidine rings is 1. The molecule has 0 aromatic rings. The molecule has 0 aromatic heterocycles. The number of hydrogen-bond acceptors (Lipinski definition) is 4. The van der Waals surface area contributed by atoms with Crippen LogP contribution < -0.4 is 11.1 Å². The highest BCUT2D eigenvalue weighted by atomic mass is 16.6. The Kier molecular flexibility index (Phi) is 5.60. The number of carbonyl (C=O) groups excluding carboxylic acids is 2. The Hall–Kier alpha value is -1.30. The summed E-state index contributed by atoms with van der Waals surface area (Å²) in [5.41, 5.74) is 4.86. The summed E-state index contributed by atoms with van der Waals surface area (Å²) >= 11 is 0. The Morgan fingerprint density at radius 3 is 2.37 bits per heavy atom. The van der Waals surface area contributed by atoms with E-state index in [9.17, 15) is 9.59 Å². The number of nitrogens with two attached hydrogens (primary N) is 1. The van der Waals surface area contributed by atoms with Crippen molar-refractivity contribution < 1.29 is 14.3 Å². The highest BCUT2D eigenvalue weighted by Crippen LogP contribution is 2.15. The van der Waals surface area contributed by atoms with Gasteiger partial charge in [-0.2, -0.15) is 0 Å². The van der Waals surface area contributed by atoms with Crippen molar-refractivity contribution in [3.05, 3.63) is 0 Å². The van der Waals surface area contributed by atoms with Gasteiger partial charge in [0.15, 0.2) is 0 Å². The van der Waals surface area contributed by atoms with Gasteiger partial charge in [0.25, 0.3) is 0 Å². The standard InChI is InChI=1S/C13H25N3O3/c1-13(2,3)19-12(18)16-8-5-10(6-9-16)15-11(17)4-7-14/h10H,4-9,14H2,1-3H3,(H,15,17). The lowest BCUT2D eigenvalue weighted by molar-refractivity contribution is -0.121. The zero-order chi connectivity index (χ0) is 14.5. The number of nitrogens with one attached hydrogen (secondary N) is 1. The van der Waals surface area contributed by atoms with Gasteiger partial charge in [0.2, 0.25) is 5.91 Å². The molecule has 0 atom stereocenters. The minimum absolute atomic E-state index is 0.0155. The number of rotatable bonds is 3. The molecule has 0 saturated carbocycles. The topological polar surface area (TPSA) is 84.7 Å². The maximum absolute atomic E-state index is 11.8. The molecular weight excluding hydrogens is 246 g/mol. The largest absolute Gasteiger partial charge is 0.444 e. The second-order valence-corrected chi connectivity index (χ2v) is 5.85. The van der Waals surface area contributed by atoms with E-state index in [1.54, 1.807) is 4.90 Å². The summed E-state index contributed by atoms with van der Waals surface area (Å²) in [6.45, 7) is 7.15. The molecule has 3 N–H and O–H groups in total. The monoisotopic (exact) mass is 271 g/mol. The maximum Gasteiger partial charge on any atom is 0.410 e. The van der Waals surface area contributed by atoms with E-state index in [2.05, 4.69) is 5.32 Å². The Labute approximate surface area is 114 Å². The Bertz CT molecular complexity index is 318. The number of likely N-dealkylation sites (tertiary alicyclic amines) is 1. The lowest BCUT2D eigenvalue weighted by Crippen LogP contribution is -2.48. The van der Waals surface area contributed by atoms with Crippen LogP contribution in [0.3, 0.4) is 0 Å². The molecule has 0 aliphatic carbocycles. The first-order valence-electron chi connectivity index (χ1n) is 6.79. The number of amides is 2. The molecule has 1 rings (SSSR count). The highest BCUT2D eigenvalue weighted by molar-refractivity contribution is 5.76. The van der Waals surface area contributed by atoms with Crippen LogP contribution in [-0.4, -0.2) is 48.2 Å². The van der Waals surface area contributed by atoms with Crippen molar-refractivity contribution in [3.63, 3.8) is 0 Å². The first kappa shape index (κ1) is 15.8. The summed E-state index contributed by atoms with van der Waals surface area (Å²) in [7, 11) is 0. The molecule has 0 radical (unpaired) electrons. The van der Waals surface area contributed by atoms with E-state index in [0.717, 1.165) is 12.8 Å². The average molecular weight is 271 g/mol. The number of carbonyl (C=O) groups is 2. The Balaban J connectivity index is 2.32. The van der Waals surface area contributed by atoms with E-state index in [4.69, 9.17) is 10.5 Å². The summed E-state index contributed by atoms with van der Waals surface area (Å²) in [5, 5.41) is 2.93. The molecule has 6 nitrogen and oxygen atoms in total. The van der Waals surface area contributed by atoms with E-state index in [-0.39, 0.29) is 18.0 Å². The second kappa shape index (κ2) is 6.75. The van der Waals surface area contributed by atoms with E-state index >= 15 is 0 Å². The van der Waals surface area contributed by atoms with Gasteiger partial charge in [0.1, 0.15) is 5.60 Å². The van der Waals surface area contributed by atoms with Gasteiger partial charge in [-0.05, 0) is 33.6 Å². The third-order valence-corrected chi connectivity index (χ3v) is 2.88. The minimum atomic E-state index is -0.469. The van der Waals surface area contributed by atoms with Crippen LogP contribution in [0.4, 0.5) is 4.79 Å². The van der Waals surface area contributed by atoms with Crippen LogP contribution in [0.5, 0.6) is 0 Å². The van der Waals surface area contributed by atoms with E-state index in [1.807, 2.05) is 20.8 Å². The number of ether oxygens (including phenoxy) is 1. The lowest BCUT2D eigenvalue weighted by Gasteiger charge is -2.33. The third-order valence-electron chi connectivity index (χ3n) is 2.88. The average Bonchev–Trinajstić information content (AvgIpc) is 2.27. The van der Waals surface area contributed by atoms with Crippen molar-refractivity contribution in [1.29, 1.82) is 0 Å². The fraction of sp³-hybridized carbons (Fsp3) is 0.846. The minimum Gasteiger partial charge on any atom is -0.444 e. The molecule has 2 amide bonds. The molecule has 110 valence electrons. The van der Waals surface area contributed by atoms with E-state index in [1.165, 1.54) is 0 Å². The van der Waals surface area contributed by atoms with Gasteiger partial charge in [0, 0.05) is 32.1 Å². The molecule has 0 bridgehead atoms. The number of nitrogens with zero attached hydrogens (tertiary/aromatic N) is 1. The highest BCUT2D eigenvalue weighted by Gasteiger charge is 2.27. The predicted octanol–water partition coefficient (Wildman–Crippen LogP) is 0.851. The smallest absolute Gasteiger partial charge is 0.410 e. The predicted molar refractivity (Wildman–Crippen MR) is 72.6 cm³/mol. The summed E-state index contributed by atoms with van der Waals surface area (Å²) in [4.78, 5) is 25.0. The van der Waals surface area contributed by atoms with Gasteiger partial charge in [-0.3, -0.25) is 4.79 Å². The van der Waals surface area contributed by atoms with Crippen molar-refractivity contribution in [2.75, 3.05) is 19.6 Å². The van der Waals surface area contributed by atoms with Gasteiger partial charge >= 0.3 is 6.09 Å². The molecular formula is C13H25N3O3. The molecule has 0 unspecified atom stereocenters. The molecule has 1 aliphatic heterocycles. The van der Waals surface area contributed by atoms with Crippen molar-refractivity contribution in [2.24, 2.45) is 5.73 Å². The lowest BCUT2D eigenvalue weighted by atomic mass is 10.1. The summed E-state index contributed by atoms with van der Waals surface area (Å²) in [6, 6.07) is 0.137. The molecule has 1 aliphatic rings. The molecule has 0 spiro atoms. The Morgan fingerprint density at radius 2 is 1.89 bits per heavy atom. The zero-order valence-electron chi connectivity index (χ0n) is 12.1. The maximum atomic E-state index is 11.8. The first-order chi connectivity index (χ1) is 8.81. The van der Waals surface area contributed by atoms with Crippen molar-refractivity contribution >= 4 is 12.0 Å². The Morgan fingerprint density at radius 1 is 1.32 bits per heavy atom. The fourth-order valence-electron chi connectivity index (χ4n) is 1.96. The van der Waals surface area contributed by atoms with Crippen molar-refractivity contribution in [3.8, 4) is 0 Å². The first-order valence-corrected chi connectivity index (χ1v) is 6.79.